The topological polar surface area (TPSA) is 76.4 Å². The van der Waals surface area contributed by atoms with Gasteiger partial charge < -0.3 is 5.11 Å². The number of rotatable bonds is 3. The lowest BCUT2D eigenvalue weighted by atomic mass is 10.0. The third kappa shape index (κ3) is 2.71. The number of nitrogens with zero attached hydrogens (tertiary/aromatic N) is 1. The quantitative estimate of drug-likeness (QED) is 0.740. The monoisotopic (exact) mass is 339 g/mol. The first kappa shape index (κ1) is 16.6. The fourth-order valence-corrected chi connectivity index (χ4v) is 2.78. The average Bonchev–Trinajstić information content (AvgIpc) is 2.85. The van der Waals surface area contributed by atoms with Gasteiger partial charge in [0.15, 0.2) is 11.6 Å². The van der Waals surface area contributed by atoms with Crippen molar-refractivity contribution in [3.05, 3.63) is 65.0 Å². The summed E-state index contributed by atoms with van der Waals surface area (Å²) >= 11 is 0. The molecular weight excluding hydrogens is 325 g/mol. The molecule has 0 atom stereocenters. The van der Waals surface area contributed by atoms with Crippen molar-refractivity contribution >= 4 is 28.4 Å². The second-order valence-electron chi connectivity index (χ2n) is 5.68. The van der Waals surface area contributed by atoms with Gasteiger partial charge in [-0.1, -0.05) is 0 Å². The van der Waals surface area contributed by atoms with Crippen LogP contribution < -0.4 is 0 Å². The Bertz CT molecular complexity index is 1030. The summed E-state index contributed by atoms with van der Waals surface area (Å²) in [5.74, 6) is -2.25. The molecule has 1 heterocycles. The molecule has 0 aliphatic rings. The summed E-state index contributed by atoms with van der Waals surface area (Å²) in [5, 5.41) is 10.7. The van der Waals surface area contributed by atoms with Gasteiger partial charge in [0.25, 0.3) is 0 Å². The number of Topliss-reactive ketones (excluding diaryl/α,β-unsaturated/α-hetero) is 1. The fourth-order valence-electron chi connectivity index (χ4n) is 2.78. The van der Waals surface area contributed by atoms with Crippen LogP contribution in [-0.2, 0) is 0 Å². The highest BCUT2D eigenvalue weighted by Gasteiger charge is 2.25. The van der Waals surface area contributed by atoms with Crippen LogP contribution in [-0.4, -0.2) is 27.1 Å². The van der Waals surface area contributed by atoms with Gasteiger partial charge in [-0.05, 0) is 49.4 Å². The molecule has 0 unspecified atom stereocenters. The molecule has 1 aromatic heterocycles. The maximum Gasteiger partial charge on any atom is 0.230 e. The molecule has 3 aromatic rings. The third-order valence-corrected chi connectivity index (χ3v) is 4.00. The van der Waals surface area contributed by atoms with Gasteiger partial charge >= 0.3 is 0 Å². The standard InChI is InChI=1S/C19H14FNO4/c1-10(22)13-5-8-16-15(9-13)17(19(25)21(16)11(2)23)18(24)12-3-6-14(20)7-4-12/h3-9,25H,1-2H3. The van der Waals surface area contributed by atoms with E-state index >= 15 is 0 Å². The second kappa shape index (κ2) is 5.98. The van der Waals surface area contributed by atoms with Crippen LogP contribution in [0.25, 0.3) is 10.9 Å². The number of ketones is 2. The summed E-state index contributed by atoms with van der Waals surface area (Å²) in [5.41, 5.74) is 0.731. The SMILES string of the molecule is CC(=O)c1ccc2c(c1)c(C(=O)c1ccc(F)cc1)c(O)n2C(C)=O. The third-order valence-electron chi connectivity index (χ3n) is 4.00. The molecule has 3 rings (SSSR count). The van der Waals surface area contributed by atoms with E-state index in [1.807, 2.05) is 0 Å². The van der Waals surface area contributed by atoms with Crippen LogP contribution in [0.5, 0.6) is 5.88 Å². The van der Waals surface area contributed by atoms with Crippen LogP contribution in [0.3, 0.4) is 0 Å². The van der Waals surface area contributed by atoms with E-state index in [-0.39, 0.29) is 22.3 Å². The van der Waals surface area contributed by atoms with Crippen LogP contribution in [0.15, 0.2) is 42.5 Å². The first-order chi connectivity index (χ1) is 11.8. The van der Waals surface area contributed by atoms with Gasteiger partial charge in [-0.15, -0.1) is 0 Å². The Morgan fingerprint density at radius 2 is 1.56 bits per heavy atom. The predicted molar refractivity (Wildman–Crippen MR) is 89.7 cm³/mol. The molecule has 5 nitrogen and oxygen atoms in total. The van der Waals surface area contributed by atoms with E-state index in [1.54, 1.807) is 0 Å². The van der Waals surface area contributed by atoms with Gasteiger partial charge in [0, 0.05) is 23.4 Å². The summed E-state index contributed by atoms with van der Waals surface area (Å²) in [6, 6.07) is 9.36. The van der Waals surface area contributed by atoms with Crippen molar-refractivity contribution in [3.63, 3.8) is 0 Å². The van der Waals surface area contributed by atoms with E-state index in [2.05, 4.69) is 0 Å². The summed E-state index contributed by atoms with van der Waals surface area (Å²) in [4.78, 5) is 36.3. The number of benzene rings is 2. The summed E-state index contributed by atoms with van der Waals surface area (Å²) < 4.78 is 14.1. The van der Waals surface area contributed by atoms with Gasteiger partial charge in [0.2, 0.25) is 11.8 Å². The number of halogens is 1. The molecule has 25 heavy (non-hydrogen) atoms. The number of hydrogen-bond acceptors (Lipinski definition) is 4. The maximum absolute atomic E-state index is 13.1. The maximum atomic E-state index is 13.1. The zero-order chi connectivity index (χ0) is 18.3. The van der Waals surface area contributed by atoms with E-state index < -0.39 is 23.4 Å². The molecule has 2 aromatic carbocycles. The highest BCUT2D eigenvalue weighted by Crippen LogP contribution is 2.34. The molecule has 0 aliphatic heterocycles. The van der Waals surface area contributed by atoms with Gasteiger partial charge in [-0.25, -0.2) is 4.39 Å². The number of aromatic hydroxyl groups is 1. The molecule has 0 amide bonds. The second-order valence-corrected chi connectivity index (χ2v) is 5.68. The van der Waals surface area contributed by atoms with Gasteiger partial charge in [0.1, 0.15) is 5.82 Å². The Labute approximate surface area is 142 Å². The van der Waals surface area contributed by atoms with Gasteiger partial charge in [-0.3, -0.25) is 19.0 Å². The van der Waals surface area contributed by atoms with Crippen LogP contribution in [0.2, 0.25) is 0 Å². The number of hydrogen-bond donors (Lipinski definition) is 1. The molecule has 0 aliphatic carbocycles. The largest absolute Gasteiger partial charge is 0.494 e. The van der Waals surface area contributed by atoms with E-state index in [4.69, 9.17) is 0 Å². The molecule has 0 spiro atoms. The minimum atomic E-state index is -0.566. The molecular formula is C19H14FNO4. The van der Waals surface area contributed by atoms with Crippen molar-refractivity contribution in [3.8, 4) is 5.88 Å². The van der Waals surface area contributed by atoms with E-state index in [1.165, 1.54) is 44.2 Å². The first-order valence-electron chi connectivity index (χ1n) is 7.51. The fraction of sp³-hybridized carbons (Fsp3) is 0.105. The van der Waals surface area contributed by atoms with E-state index in [0.717, 1.165) is 16.7 Å². The lowest BCUT2D eigenvalue weighted by Gasteiger charge is -2.02. The molecule has 0 saturated carbocycles. The smallest absolute Gasteiger partial charge is 0.230 e. The molecule has 0 radical (unpaired) electrons. The van der Waals surface area contributed by atoms with Crippen molar-refractivity contribution in [2.45, 2.75) is 13.8 Å². The molecule has 0 saturated heterocycles. The normalized spacial score (nSPS) is 10.8. The lowest BCUT2D eigenvalue weighted by molar-refractivity contribution is 0.0932. The molecule has 0 bridgehead atoms. The minimum absolute atomic E-state index is 0.0973. The van der Waals surface area contributed by atoms with E-state index in [0.29, 0.717) is 11.1 Å². The Morgan fingerprint density at radius 3 is 2.12 bits per heavy atom. The average molecular weight is 339 g/mol. The van der Waals surface area contributed by atoms with Crippen LogP contribution in [0.1, 0.15) is 44.9 Å². The Hall–Kier alpha value is -3.28. The summed E-state index contributed by atoms with van der Waals surface area (Å²) in [7, 11) is 0. The summed E-state index contributed by atoms with van der Waals surface area (Å²) in [6.45, 7) is 2.63. The van der Waals surface area contributed by atoms with Crippen molar-refractivity contribution in [1.29, 1.82) is 0 Å². The number of aromatic nitrogens is 1. The molecule has 6 heteroatoms. The Balaban J connectivity index is 2.32. The van der Waals surface area contributed by atoms with Crippen LogP contribution in [0, 0.1) is 5.82 Å². The Kier molecular flexibility index (Phi) is 3.96. The number of carbonyl (C=O) groups excluding carboxylic acids is 3. The number of fused-ring (bicyclic) bond motifs is 1. The van der Waals surface area contributed by atoms with Gasteiger partial charge in [-0.2, -0.15) is 0 Å². The van der Waals surface area contributed by atoms with Crippen molar-refractivity contribution in [2.24, 2.45) is 0 Å². The Morgan fingerprint density at radius 1 is 0.960 bits per heavy atom. The first-order valence-corrected chi connectivity index (χ1v) is 7.51. The minimum Gasteiger partial charge on any atom is -0.494 e. The summed E-state index contributed by atoms with van der Waals surface area (Å²) in [6.07, 6.45) is 0. The van der Waals surface area contributed by atoms with Crippen LogP contribution in [0.4, 0.5) is 4.39 Å². The van der Waals surface area contributed by atoms with E-state index in [9.17, 15) is 23.9 Å². The van der Waals surface area contributed by atoms with Crippen molar-refractivity contribution in [2.75, 3.05) is 0 Å². The highest BCUT2D eigenvalue weighted by atomic mass is 19.1. The van der Waals surface area contributed by atoms with Gasteiger partial charge in [0.05, 0.1) is 11.1 Å². The van der Waals surface area contributed by atoms with Crippen LogP contribution >= 0.6 is 0 Å². The van der Waals surface area contributed by atoms with Crippen molar-refractivity contribution in [1.82, 2.24) is 4.57 Å². The lowest BCUT2D eigenvalue weighted by Crippen LogP contribution is -2.06. The number of carbonyl (C=O) groups is 3. The zero-order valence-electron chi connectivity index (χ0n) is 13.5. The molecule has 0 fully saturated rings. The highest BCUT2D eigenvalue weighted by molar-refractivity contribution is 6.20. The zero-order valence-corrected chi connectivity index (χ0v) is 13.5. The molecule has 1 N–H and O–H groups in total. The molecule has 126 valence electrons. The predicted octanol–water partition coefficient (Wildman–Crippen LogP) is 3.58. The van der Waals surface area contributed by atoms with Crippen molar-refractivity contribution < 1.29 is 23.9 Å².